The number of carbonyl (C=O) groups is 2. The Hall–Kier alpha value is -1.12. The van der Waals surface area contributed by atoms with Crippen LogP contribution in [-0.4, -0.2) is 11.9 Å². The van der Waals surface area contributed by atoms with E-state index in [0.29, 0.717) is 11.8 Å². The van der Waals surface area contributed by atoms with Gasteiger partial charge in [0.1, 0.15) is 0 Å². The molecular formula is C13H16O3. The molecule has 0 aromatic carbocycles. The standard InChI is InChI=1S/C13H16O3/c1-13-7-6-8-4-2-3-5-9(8)10(13)11(14)16-12(13)15/h6-10H,2-5H2,1H3. The van der Waals surface area contributed by atoms with E-state index in [2.05, 4.69) is 6.08 Å². The maximum Gasteiger partial charge on any atom is 0.324 e. The Balaban J connectivity index is 2.04. The van der Waals surface area contributed by atoms with Crippen LogP contribution in [0.4, 0.5) is 0 Å². The first-order valence-corrected chi connectivity index (χ1v) is 6.08. The molecule has 3 heteroatoms. The molecule has 86 valence electrons. The number of fused-ring (bicyclic) bond motifs is 3. The van der Waals surface area contributed by atoms with E-state index in [1.165, 1.54) is 12.8 Å². The van der Waals surface area contributed by atoms with Crippen molar-refractivity contribution in [2.24, 2.45) is 23.2 Å². The first-order chi connectivity index (χ1) is 7.63. The normalized spacial score (nSPS) is 46.2. The van der Waals surface area contributed by atoms with Crippen LogP contribution < -0.4 is 0 Å². The van der Waals surface area contributed by atoms with E-state index in [9.17, 15) is 9.59 Å². The third kappa shape index (κ3) is 1.14. The van der Waals surface area contributed by atoms with Gasteiger partial charge in [0.15, 0.2) is 0 Å². The maximum atomic E-state index is 11.8. The quantitative estimate of drug-likeness (QED) is 0.356. The van der Waals surface area contributed by atoms with Crippen molar-refractivity contribution >= 4 is 11.9 Å². The molecule has 1 saturated heterocycles. The number of ether oxygens (including phenoxy) is 1. The summed E-state index contributed by atoms with van der Waals surface area (Å²) in [6, 6.07) is 0. The fourth-order valence-corrected chi connectivity index (χ4v) is 3.59. The van der Waals surface area contributed by atoms with Gasteiger partial charge in [0.2, 0.25) is 0 Å². The molecular weight excluding hydrogens is 204 g/mol. The summed E-state index contributed by atoms with van der Waals surface area (Å²) in [5.41, 5.74) is -0.685. The monoisotopic (exact) mass is 220 g/mol. The lowest BCUT2D eigenvalue weighted by atomic mass is 9.60. The highest BCUT2D eigenvalue weighted by Gasteiger charge is 2.58. The third-order valence-corrected chi connectivity index (χ3v) is 4.53. The van der Waals surface area contributed by atoms with Crippen molar-refractivity contribution in [1.82, 2.24) is 0 Å². The molecule has 0 aromatic rings. The number of cyclic esters (lactones) is 2. The first kappa shape index (κ1) is 10.1. The average molecular weight is 220 g/mol. The van der Waals surface area contributed by atoms with Crippen LogP contribution in [0.1, 0.15) is 32.6 Å². The van der Waals surface area contributed by atoms with Gasteiger partial charge in [-0.05, 0) is 31.6 Å². The zero-order valence-electron chi connectivity index (χ0n) is 9.44. The second kappa shape index (κ2) is 3.19. The van der Waals surface area contributed by atoms with Gasteiger partial charge in [0.25, 0.3) is 0 Å². The molecule has 2 fully saturated rings. The lowest BCUT2D eigenvalue weighted by molar-refractivity contribution is -0.154. The van der Waals surface area contributed by atoms with Crippen molar-refractivity contribution in [3.05, 3.63) is 12.2 Å². The van der Waals surface area contributed by atoms with Crippen LogP contribution in [0.3, 0.4) is 0 Å². The van der Waals surface area contributed by atoms with Crippen molar-refractivity contribution in [2.75, 3.05) is 0 Å². The molecule has 1 heterocycles. The van der Waals surface area contributed by atoms with Gasteiger partial charge < -0.3 is 4.74 Å². The Labute approximate surface area is 94.8 Å². The van der Waals surface area contributed by atoms with Gasteiger partial charge in [-0.2, -0.15) is 0 Å². The Kier molecular flexibility index (Phi) is 2.00. The van der Waals surface area contributed by atoms with E-state index in [1.54, 1.807) is 0 Å². The summed E-state index contributed by atoms with van der Waals surface area (Å²) in [6.45, 7) is 1.84. The number of allylic oxidation sites excluding steroid dienone is 1. The average Bonchev–Trinajstić information content (AvgIpc) is 2.50. The zero-order chi connectivity index (χ0) is 11.3. The third-order valence-electron chi connectivity index (χ3n) is 4.53. The molecule has 3 nitrogen and oxygen atoms in total. The van der Waals surface area contributed by atoms with Crippen LogP contribution in [0.15, 0.2) is 12.2 Å². The summed E-state index contributed by atoms with van der Waals surface area (Å²) in [5, 5.41) is 0. The fourth-order valence-electron chi connectivity index (χ4n) is 3.59. The highest BCUT2D eigenvalue weighted by atomic mass is 16.6. The lowest BCUT2D eigenvalue weighted by Gasteiger charge is -2.40. The summed E-state index contributed by atoms with van der Waals surface area (Å²) in [7, 11) is 0. The van der Waals surface area contributed by atoms with Crippen LogP contribution in [-0.2, 0) is 14.3 Å². The van der Waals surface area contributed by atoms with Gasteiger partial charge in [0.05, 0.1) is 11.3 Å². The molecule has 1 saturated carbocycles. The van der Waals surface area contributed by atoms with Crippen molar-refractivity contribution in [2.45, 2.75) is 32.6 Å². The summed E-state index contributed by atoms with van der Waals surface area (Å²) in [6.07, 6.45) is 8.66. The molecule has 3 aliphatic rings. The number of esters is 2. The van der Waals surface area contributed by atoms with Crippen LogP contribution in [0, 0.1) is 23.2 Å². The number of hydrogen-bond donors (Lipinski definition) is 0. The van der Waals surface area contributed by atoms with Gasteiger partial charge >= 0.3 is 11.9 Å². The Morgan fingerprint density at radius 2 is 2.06 bits per heavy atom. The van der Waals surface area contributed by atoms with E-state index in [4.69, 9.17) is 4.74 Å². The van der Waals surface area contributed by atoms with Gasteiger partial charge in [0, 0.05) is 0 Å². The van der Waals surface area contributed by atoms with Crippen molar-refractivity contribution in [3.63, 3.8) is 0 Å². The van der Waals surface area contributed by atoms with Crippen LogP contribution >= 0.6 is 0 Å². The predicted molar refractivity (Wildman–Crippen MR) is 57.3 cm³/mol. The highest BCUT2D eigenvalue weighted by molar-refractivity contribution is 6.00. The van der Waals surface area contributed by atoms with Crippen molar-refractivity contribution < 1.29 is 14.3 Å². The second-order valence-corrected chi connectivity index (χ2v) is 5.44. The molecule has 0 aromatic heterocycles. The van der Waals surface area contributed by atoms with Crippen molar-refractivity contribution in [3.8, 4) is 0 Å². The summed E-state index contributed by atoms with van der Waals surface area (Å²) < 4.78 is 4.83. The summed E-state index contributed by atoms with van der Waals surface area (Å²) >= 11 is 0. The molecule has 0 radical (unpaired) electrons. The van der Waals surface area contributed by atoms with Gasteiger partial charge in [-0.1, -0.05) is 25.0 Å². The molecule has 0 N–H and O–H groups in total. The van der Waals surface area contributed by atoms with E-state index >= 15 is 0 Å². The smallest absolute Gasteiger partial charge is 0.324 e. The SMILES string of the molecule is CC12C=CC3CCCCC3C1C(=O)OC2=O. The zero-order valence-corrected chi connectivity index (χ0v) is 9.44. The van der Waals surface area contributed by atoms with Crippen LogP contribution in [0.2, 0.25) is 0 Å². The topological polar surface area (TPSA) is 43.4 Å². The van der Waals surface area contributed by atoms with E-state index in [-0.39, 0.29) is 17.9 Å². The molecule has 4 atom stereocenters. The molecule has 2 aliphatic carbocycles. The van der Waals surface area contributed by atoms with E-state index < -0.39 is 5.41 Å². The van der Waals surface area contributed by atoms with E-state index in [0.717, 1.165) is 12.8 Å². The minimum atomic E-state index is -0.685. The molecule has 16 heavy (non-hydrogen) atoms. The summed E-state index contributed by atoms with van der Waals surface area (Å²) in [4.78, 5) is 23.5. The Morgan fingerprint density at radius 3 is 2.88 bits per heavy atom. The number of carbonyl (C=O) groups excluding carboxylic acids is 2. The molecule has 0 bridgehead atoms. The predicted octanol–water partition coefficient (Wildman–Crippen LogP) is 2.07. The lowest BCUT2D eigenvalue weighted by Crippen LogP contribution is -2.41. The molecule has 1 aliphatic heterocycles. The fraction of sp³-hybridized carbons (Fsp3) is 0.692. The van der Waals surface area contributed by atoms with Gasteiger partial charge in [-0.3, -0.25) is 9.59 Å². The Bertz CT molecular complexity index is 385. The first-order valence-electron chi connectivity index (χ1n) is 6.08. The van der Waals surface area contributed by atoms with E-state index in [1.807, 2.05) is 13.0 Å². The summed E-state index contributed by atoms with van der Waals surface area (Å²) in [5.74, 6) is -0.0835. The van der Waals surface area contributed by atoms with Gasteiger partial charge in [-0.15, -0.1) is 0 Å². The largest absolute Gasteiger partial charge is 0.392 e. The van der Waals surface area contributed by atoms with Gasteiger partial charge in [-0.25, -0.2) is 0 Å². The molecule has 4 unspecified atom stereocenters. The second-order valence-electron chi connectivity index (χ2n) is 5.44. The minimum Gasteiger partial charge on any atom is -0.392 e. The minimum absolute atomic E-state index is 0.227. The van der Waals surface area contributed by atoms with Crippen LogP contribution in [0.25, 0.3) is 0 Å². The Morgan fingerprint density at radius 1 is 1.31 bits per heavy atom. The number of hydrogen-bond acceptors (Lipinski definition) is 3. The number of rotatable bonds is 0. The molecule has 3 rings (SSSR count). The van der Waals surface area contributed by atoms with Crippen LogP contribution in [0.5, 0.6) is 0 Å². The highest BCUT2D eigenvalue weighted by Crippen LogP contribution is 2.52. The maximum absolute atomic E-state index is 11.8. The van der Waals surface area contributed by atoms with Crippen molar-refractivity contribution in [1.29, 1.82) is 0 Å². The molecule has 0 amide bonds. The molecule has 0 spiro atoms.